The number of imide groups is 1. The number of ether oxygens (including phenoxy) is 1. The molecule has 4 atom stereocenters. The number of rotatable bonds is 4. The zero-order chi connectivity index (χ0) is 28.6. The minimum absolute atomic E-state index is 0.00171. The molecule has 2 amide bonds. The summed E-state index contributed by atoms with van der Waals surface area (Å²) < 4.78 is 6.67. The Kier molecular flexibility index (Phi) is 5.53. The van der Waals surface area contributed by atoms with Crippen molar-refractivity contribution in [3.63, 3.8) is 0 Å². The van der Waals surface area contributed by atoms with E-state index >= 15 is 0 Å². The molecule has 3 aliphatic heterocycles. The topological polar surface area (TPSA) is 111 Å². The molecule has 1 aromatic heterocycles. The van der Waals surface area contributed by atoms with Crippen molar-refractivity contribution in [3.05, 3.63) is 100 Å². The molecule has 7 rings (SSSR count). The highest BCUT2D eigenvalue weighted by atomic mass is 16.5. The smallest absolute Gasteiger partial charge is 0.338 e. The fourth-order valence-corrected chi connectivity index (χ4v) is 6.94. The van der Waals surface area contributed by atoms with E-state index in [0.29, 0.717) is 33.7 Å². The molecule has 2 saturated heterocycles. The Balaban J connectivity index is 1.43. The van der Waals surface area contributed by atoms with Crippen molar-refractivity contribution in [1.29, 1.82) is 0 Å². The van der Waals surface area contributed by atoms with Crippen LogP contribution in [0.2, 0.25) is 0 Å². The molecule has 3 aromatic carbocycles. The van der Waals surface area contributed by atoms with Gasteiger partial charge in [-0.1, -0.05) is 44.2 Å². The molecule has 0 radical (unpaired) electrons. The molecule has 9 nitrogen and oxygen atoms in total. The lowest BCUT2D eigenvalue weighted by Crippen LogP contribution is -2.51. The molecule has 3 aliphatic rings. The molecule has 4 heterocycles. The van der Waals surface area contributed by atoms with Gasteiger partial charge in [-0.3, -0.25) is 24.3 Å². The van der Waals surface area contributed by atoms with Gasteiger partial charge < -0.3 is 4.74 Å². The summed E-state index contributed by atoms with van der Waals surface area (Å²) in [6.07, 6.45) is 0. The normalized spacial score (nSPS) is 24.3. The van der Waals surface area contributed by atoms with Gasteiger partial charge in [0.2, 0.25) is 11.8 Å². The molecule has 41 heavy (non-hydrogen) atoms. The average molecular weight is 549 g/mol. The molecule has 0 bridgehead atoms. The first-order valence-corrected chi connectivity index (χ1v) is 13.8. The van der Waals surface area contributed by atoms with Gasteiger partial charge in [-0.05, 0) is 55.3 Å². The Morgan fingerprint density at radius 3 is 2.41 bits per heavy atom. The van der Waals surface area contributed by atoms with Gasteiger partial charge in [0.15, 0.2) is 0 Å². The highest BCUT2D eigenvalue weighted by molar-refractivity contribution is 6.23. The predicted octanol–water partition coefficient (Wildman–Crippen LogP) is 3.55. The van der Waals surface area contributed by atoms with Gasteiger partial charge in [-0.15, -0.1) is 0 Å². The highest BCUT2D eigenvalue weighted by Crippen LogP contribution is 2.56. The van der Waals surface area contributed by atoms with E-state index in [1.165, 1.54) is 4.90 Å². The van der Waals surface area contributed by atoms with Gasteiger partial charge in [-0.25, -0.2) is 14.7 Å². The Hall–Kier alpha value is -4.63. The Bertz CT molecular complexity index is 1830. The molecular formula is C32H28N4O5. The second-order valence-electron chi connectivity index (χ2n) is 11.1. The SMILES string of the molecule is CCOC(=O)c1ccc(N2C(=O)[C@@H]3[C@@H](C(C)C)N[C@@]4(c5ccccc5-n5c4nc4ccccc4c5=O)[C@H]3C2=O)cc1. The monoisotopic (exact) mass is 548 g/mol. The number of carbonyl (C=O) groups is 3. The second kappa shape index (κ2) is 8.94. The molecular weight excluding hydrogens is 520 g/mol. The number of esters is 1. The van der Waals surface area contributed by atoms with Crippen LogP contribution in [0.5, 0.6) is 0 Å². The molecule has 1 N–H and O–H groups in total. The maximum atomic E-state index is 14.5. The first-order valence-electron chi connectivity index (χ1n) is 13.8. The van der Waals surface area contributed by atoms with E-state index in [1.807, 2.05) is 44.2 Å². The molecule has 2 fully saturated rings. The molecule has 0 aliphatic carbocycles. The van der Waals surface area contributed by atoms with Crippen LogP contribution in [0.25, 0.3) is 16.6 Å². The van der Waals surface area contributed by atoms with E-state index in [2.05, 4.69) is 5.32 Å². The van der Waals surface area contributed by atoms with Crippen molar-refractivity contribution in [1.82, 2.24) is 14.9 Å². The molecule has 4 aromatic rings. The summed E-state index contributed by atoms with van der Waals surface area (Å²) in [6.45, 7) is 6.01. The Morgan fingerprint density at radius 2 is 1.68 bits per heavy atom. The van der Waals surface area contributed by atoms with Crippen molar-refractivity contribution in [3.8, 4) is 5.69 Å². The van der Waals surface area contributed by atoms with Gasteiger partial charge in [0, 0.05) is 11.6 Å². The number of fused-ring (bicyclic) bond motifs is 8. The van der Waals surface area contributed by atoms with Crippen LogP contribution in [0, 0.1) is 17.8 Å². The van der Waals surface area contributed by atoms with Crippen LogP contribution in [0.1, 0.15) is 42.5 Å². The number of carbonyl (C=O) groups excluding carboxylic acids is 3. The number of anilines is 1. The molecule has 1 spiro atoms. The number of nitrogens with one attached hydrogen (secondary N) is 1. The van der Waals surface area contributed by atoms with Crippen LogP contribution in [0.15, 0.2) is 77.6 Å². The van der Waals surface area contributed by atoms with E-state index in [-0.39, 0.29) is 35.9 Å². The zero-order valence-corrected chi connectivity index (χ0v) is 22.8. The van der Waals surface area contributed by atoms with Crippen LogP contribution in [-0.4, -0.2) is 40.0 Å². The van der Waals surface area contributed by atoms with E-state index < -0.39 is 23.3 Å². The number of para-hydroxylation sites is 2. The van der Waals surface area contributed by atoms with Gasteiger partial charge in [-0.2, -0.15) is 0 Å². The fraction of sp³-hybridized carbons (Fsp3) is 0.281. The third-order valence-corrected chi connectivity index (χ3v) is 8.65. The summed E-state index contributed by atoms with van der Waals surface area (Å²) in [5.41, 5.74) is 1.25. The number of amides is 2. The Morgan fingerprint density at radius 1 is 0.976 bits per heavy atom. The van der Waals surface area contributed by atoms with Crippen LogP contribution in [-0.2, 0) is 19.9 Å². The molecule has 0 unspecified atom stereocenters. The standard InChI is InChI=1S/C32H28N4O5/c1-4-41-30(40)18-13-15-19(16-14-18)35-28(38)24-25(29(35)39)32(34-26(24)17(2)3)21-10-6-8-12-23(21)36-27(37)20-9-5-7-11-22(20)33-31(32)36/h5-17,24-26,34H,4H2,1-3H3/t24-,25+,26+,32-/m0/s1. The molecule has 9 heteroatoms. The summed E-state index contributed by atoms with van der Waals surface area (Å²) in [7, 11) is 0. The largest absolute Gasteiger partial charge is 0.462 e. The summed E-state index contributed by atoms with van der Waals surface area (Å²) in [5, 5.41) is 4.17. The van der Waals surface area contributed by atoms with Crippen molar-refractivity contribution in [2.45, 2.75) is 32.4 Å². The summed E-state index contributed by atoms with van der Waals surface area (Å²) >= 11 is 0. The number of benzene rings is 3. The maximum Gasteiger partial charge on any atom is 0.338 e. The first-order chi connectivity index (χ1) is 19.8. The van der Waals surface area contributed by atoms with Crippen molar-refractivity contribution in [2.24, 2.45) is 17.8 Å². The summed E-state index contributed by atoms with van der Waals surface area (Å²) in [4.78, 5) is 60.9. The van der Waals surface area contributed by atoms with Crippen molar-refractivity contribution < 1.29 is 19.1 Å². The van der Waals surface area contributed by atoms with Crippen LogP contribution < -0.4 is 15.8 Å². The van der Waals surface area contributed by atoms with Crippen molar-refractivity contribution in [2.75, 3.05) is 11.5 Å². The third-order valence-electron chi connectivity index (χ3n) is 8.65. The fourth-order valence-electron chi connectivity index (χ4n) is 6.94. The summed E-state index contributed by atoms with van der Waals surface area (Å²) in [5.74, 6) is -2.26. The number of hydrogen-bond acceptors (Lipinski definition) is 7. The van der Waals surface area contributed by atoms with Crippen LogP contribution in [0.3, 0.4) is 0 Å². The Labute approximate surface area is 235 Å². The third kappa shape index (κ3) is 3.29. The summed E-state index contributed by atoms with van der Waals surface area (Å²) in [6, 6.07) is 20.6. The number of aromatic nitrogens is 2. The van der Waals surface area contributed by atoms with Gasteiger partial charge in [0.25, 0.3) is 5.56 Å². The molecule has 0 saturated carbocycles. The van der Waals surface area contributed by atoms with Gasteiger partial charge in [0.1, 0.15) is 11.4 Å². The minimum Gasteiger partial charge on any atom is -0.462 e. The van der Waals surface area contributed by atoms with Gasteiger partial charge in [0.05, 0.1) is 46.3 Å². The predicted molar refractivity (Wildman–Crippen MR) is 152 cm³/mol. The van der Waals surface area contributed by atoms with E-state index in [4.69, 9.17) is 9.72 Å². The van der Waals surface area contributed by atoms with Crippen molar-refractivity contribution >= 4 is 34.4 Å². The van der Waals surface area contributed by atoms with E-state index in [9.17, 15) is 19.2 Å². The number of hydrogen-bond donors (Lipinski definition) is 1. The van der Waals surface area contributed by atoms with Crippen LogP contribution >= 0.6 is 0 Å². The average Bonchev–Trinajstić information content (AvgIpc) is 3.57. The lowest BCUT2D eigenvalue weighted by molar-refractivity contribution is -0.123. The first kappa shape index (κ1) is 25.3. The lowest BCUT2D eigenvalue weighted by Gasteiger charge is -2.32. The van der Waals surface area contributed by atoms with Crippen LogP contribution in [0.4, 0.5) is 5.69 Å². The zero-order valence-electron chi connectivity index (χ0n) is 22.8. The van der Waals surface area contributed by atoms with E-state index in [0.717, 1.165) is 5.56 Å². The number of nitrogens with zero attached hydrogens (tertiary/aromatic N) is 3. The highest BCUT2D eigenvalue weighted by Gasteiger charge is 2.70. The minimum atomic E-state index is -1.19. The maximum absolute atomic E-state index is 14.5. The quantitative estimate of drug-likeness (QED) is 0.307. The van der Waals surface area contributed by atoms with E-state index in [1.54, 1.807) is 54.0 Å². The second-order valence-corrected chi connectivity index (χ2v) is 11.1. The lowest BCUT2D eigenvalue weighted by atomic mass is 9.75. The molecule has 206 valence electrons. The van der Waals surface area contributed by atoms with Gasteiger partial charge >= 0.3 is 5.97 Å².